The van der Waals surface area contributed by atoms with Crippen molar-refractivity contribution in [3.05, 3.63) is 45.7 Å². The topological polar surface area (TPSA) is 60.6 Å². The van der Waals surface area contributed by atoms with Crippen molar-refractivity contribution in [1.29, 1.82) is 0 Å². The van der Waals surface area contributed by atoms with Gasteiger partial charge in [-0.2, -0.15) is 0 Å². The van der Waals surface area contributed by atoms with Crippen molar-refractivity contribution in [2.75, 3.05) is 46.4 Å². The van der Waals surface area contributed by atoms with Gasteiger partial charge in [0.1, 0.15) is 0 Å². The Labute approximate surface area is 185 Å². The highest BCUT2D eigenvalue weighted by atomic mass is 32.1. The van der Waals surface area contributed by atoms with Crippen molar-refractivity contribution in [2.24, 2.45) is 0 Å². The lowest BCUT2D eigenvalue weighted by molar-refractivity contribution is 0.202. The molecule has 0 aliphatic rings. The van der Waals surface area contributed by atoms with Gasteiger partial charge in [-0.1, -0.05) is 26.8 Å². The minimum atomic E-state index is -0.0554. The third-order valence-electron chi connectivity index (χ3n) is 5.42. The monoisotopic (exact) mass is 432 g/mol. The molecular formula is C23H36N4O2S. The molecule has 0 aliphatic carbocycles. The van der Waals surface area contributed by atoms with Crippen molar-refractivity contribution < 1.29 is 4.74 Å². The normalized spacial score (nSPS) is 11.2. The lowest BCUT2D eigenvalue weighted by atomic mass is 10.1. The molecule has 2 aromatic rings. The number of pyridine rings is 1. The van der Waals surface area contributed by atoms with Crippen LogP contribution in [0.15, 0.2) is 29.1 Å². The summed E-state index contributed by atoms with van der Waals surface area (Å²) in [6, 6.07) is 8.20. The highest BCUT2D eigenvalue weighted by Gasteiger charge is 2.14. The van der Waals surface area contributed by atoms with Crippen molar-refractivity contribution in [2.45, 2.75) is 40.2 Å². The van der Waals surface area contributed by atoms with Crippen LogP contribution in [0.2, 0.25) is 0 Å². The average Bonchev–Trinajstić information content (AvgIpc) is 2.76. The number of fused-ring (bicyclic) bond motifs is 1. The molecule has 166 valence electrons. The molecular weight excluding hydrogens is 396 g/mol. The zero-order valence-electron chi connectivity index (χ0n) is 18.8. The number of thiocarbonyl (C=S) groups is 1. The fourth-order valence-corrected chi connectivity index (χ4v) is 3.75. The molecule has 7 heteroatoms. The second-order valence-electron chi connectivity index (χ2n) is 7.43. The van der Waals surface area contributed by atoms with E-state index in [1.165, 1.54) is 5.56 Å². The van der Waals surface area contributed by atoms with E-state index in [0.29, 0.717) is 24.8 Å². The lowest BCUT2D eigenvalue weighted by Gasteiger charge is -2.27. The third-order valence-corrected chi connectivity index (χ3v) is 5.82. The van der Waals surface area contributed by atoms with Gasteiger partial charge in [-0.15, -0.1) is 0 Å². The van der Waals surface area contributed by atoms with Crippen LogP contribution in [0.25, 0.3) is 10.9 Å². The molecule has 0 bridgehead atoms. The molecule has 0 aliphatic heterocycles. The Balaban J connectivity index is 2.19. The van der Waals surface area contributed by atoms with Gasteiger partial charge < -0.3 is 24.8 Å². The molecule has 0 atom stereocenters. The number of hydrogen-bond acceptors (Lipinski definition) is 4. The standard InChI is InChI=1S/C23H36N4O2S/c1-5-18-9-10-21-19(15-18)16-20(22(28)25-21)17-27(23(30)24-11-14-29-4)13-8-12-26(6-2)7-3/h9-10,15-16H,5-8,11-14,17H2,1-4H3,(H,24,30)(H,25,28). The Morgan fingerprint density at radius 2 is 1.93 bits per heavy atom. The van der Waals surface area contributed by atoms with E-state index in [2.05, 4.69) is 53.0 Å². The number of nitrogens with one attached hydrogen (secondary N) is 2. The highest BCUT2D eigenvalue weighted by molar-refractivity contribution is 7.80. The van der Waals surface area contributed by atoms with Gasteiger partial charge in [0.15, 0.2) is 5.11 Å². The molecule has 6 nitrogen and oxygen atoms in total. The van der Waals surface area contributed by atoms with Gasteiger partial charge in [0, 0.05) is 31.3 Å². The fourth-order valence-electron chi connectivity index (χ4n) is 3.49. The maximum atomic E-state index is 12.7. The number of hydrogen-bond donors (Lipinski definition) is 2. The first-order valence-corrected chi connectivity index (χ1v) is 11.3. The Morgan fingerprint density at radius 1 is 1.17 bits per heavy atom. The predicted molar refractivity (Wildman–Crippen MR) is 129 cm³/mol. The van der Waals surface area contributed by atoms with Gasteiger partial charge in [-0.05, 0) is 73.8 Å². The van der Waals surface area contributed by atoms with Crippen LogP contribution in [0.4, 0.5) is 0 Å². The van der Waals surface area contributed by atoms with E-state index in [1.807, 2.05) is 12.1 Å². The Hall–Kier alpha value is -1.96. The molecule has 2 N–H and O–H groups in total. The van der Waals surface area contributed by atoms with Gasteiger partial charge in [0.25, 0.3) is 5.56 Å². The maximum absolute atomic E-state index is 12.7. The van der Waals surface area contributed by atoms with Crippen molar-refractivity contribution in [3.63, 3.8) is 0 Å². The van der Waals surface area contributed by atoms with E-state index in [1.54, 1.807) is 7.11 Å². The molecule has 1 aromatic heterocycles. The zero-order chi connectivity index (χ0) is 21.9. The summed E-state index contributed by atoms with van der Waals surface area (Å²) in [7, 11) is 1.67. The molecule has 0 saturated carbocycles. The first-order chi connectivity index (χ1) is 14.5. The lowest BCUT2D eigenvalue weighted by Crippen LogP contribution is -2.42. The van der Waals surface area contributed by atoms with Gasteiger partial charge in [0.2, 0.25) is 0 Å². The Morgan fingerprint density at radius 3 is 2.60 bits per heavy atom. The molecule has 0 fully saturated rings. The number of H-pyrrole nitrogens is 1. The SMILES string of the molecule is CCc1ccc2[nH]c(=O)c(CN(CCCN(CC)CC)C(=S)NCCOC)cc2c1. The van der Waals surface area contributed by atoms with E-state index in [0.717, 1.165) is 55.5 Å². The Kier molecular flexibility index (Phi) is 10.3. The van der Waals surface area contributed by atoms with E-state index in [-0.39, 0.29) is 5.56 Å². The van der Waals surface area contributed by atoms with Crippen LogP contribution in [0.3, 0.4) is 0 Å². The fraction of sp³-hybridized carbons (Fsp3) is 0.565. The molecule has 30 heavy (non-hydrogen) atoms. The van der Waals surface area contributed by atoms with Crippen LogP contribution < -0.4 is 10.9 Å². The molecule has 1 aromatic carbocycles. The summed E-state index contributed by atoms with van der Waals surface area (Å²) in [5.41, 5.74) is 2.80. The van der Waals surface area contributed by atoms with E-state index in [4.69, 9.17) is 17.0 Å². The van der Waals surface area contributed by atoms with E-state index < -0.39 is 0 Å². The smallest absolute Gasteiger partial charge is 0.253 e. The van der Waals surface area contributed by atoms with E-state index >= 15 is 0 Å². The third kappa shape index (κ3) is 7.07. The molecule has 0 radical (unpaired) electrons. The Bertz CT molecular complexity index is 864. The summed E-state index contributed by atoms with van der Waals surface area (Å²) in [5.74, 6) is 0. The minimum absolute atomic E-state index is 0.0554. The summed E-state index contributed by atoms with van der Waals surface area (Å²) < 4.78 is 5.12. The summed E-state index contributed by atoms with van der Waals surface area (Å²) >= 11 is 5.64. The number of aromatic nitrogens is 1. The summed E-state index contributed by atoms with van der Waals surface area (Å²) in [5, 5.41) is 4.97. The second-order valence-corrected chi connectivity index (χ2v) is 7.81. The van der Waals surface area contributed by atoms with Crippen molar-refractivity contribution in [3.8, 4) is 0 Å². The molecule has 0 amide bonds. The van der Waals surface area contributed by atoms with Crippen LogP contribution in [0.5, 0.6) is 0 Å². The van der Waals surface area contributed by atoms with Crippen LogP contribution in [-0.4, -0.2) is 66.3 Å². The average molecular weight is 433 g/mol. The minimum Gasteiger partial charge on any atom is -0.383 e. The zero-order valence-corrected chi connectivity index (χ0v) is 19.6. The van der Waals surface area contributed by atoms with Gasteiger partial charge in [0.05, 0.1) is 13.2 Å². The second kappa shape index (κ2) is 12.7. The first-order valence-electron chi connectivity index (χ1n) is 10.9. The largest absolute Gasteiger partial charge is 0.383 e. The summed E-state index contributed by atoms with van der Waals surface area (Å²) in [4.78, 5) is 20.2. The number of ether oxygens (including phenoxy) is 1. The highest BCUT2D eigenvalue weighted by Crippen LogP contribution is 2.15. The molecule has 2 rings (SSSR count). The number of methoxy groups -OCH3 is 1. The quantitative estimate of drug-likeness (QED) is 0.397. The van der Waals surface area contributed by atoms with Crippen LogP contribution >= 0.6 is 12.2 Å². The molecule has 0 spiro atoms. The van der Waals surface area contributed by atoms with Crippen LogP contribution in [0.1, 0.15) is 38.3 Å². The number of aryl methyl sites for hydroxylation is 1. The predicted octanol–water partition coefficient (Wildman–Crippen LogP) is 3.15. The number of aromatic amines is 1. The first kappa shape index (κ1) is 24.3. The van der Waals surface area contributed by atoms with Gasteiger partial charge in [-0.25, -0.2) is 0 Å². The summed E-state index contributed by atoms with van der Waals surface area (Å²) in [6.45, 7) is 12.1. The molecule has 0 saturated heterocycles. The molecule has 0 unspecified atom stereocenters. The number of rotatable bonds is 12. The molecule has 1 heterocycles. The number of nitrogens with zero attached hydrogens (tertiary/aromatic N) is 2. The van der Waals surface area contributed by atoms with Gasteiger partial charge >= 0.3 is 0 Å². The van der Waals surface area contributed by atoms with Crippen molar-refractivity contribution >= 4 is 28.2 Å². The maximum Gasteiger partial charge on any atom is 0.253 e. The van der Waals surface area contributed by atoms with Crippen molar-refractivity contribution in [1.82, 2.24) is 20.1 Å². The van der Waals surface area contributed by atoms with Crippen LogP contribution in [0, 0.1) is 0 Å². The van der Waals surface area contributed by atoms with Gasteiger partial charge in [-0.3, -0.25) is 4.79 Å². The van der Waals surface area contributed by atoms with E-state index in [9.17, 15) is 4.79 Å². The van der Waals surface area contributed by atoms with Crippen LogP contribution in [-0.2, 0) is 17.7 Å². The summed E-state index contributed by atoms with van der Waals surface area (Å²) in [6.07, 6.45) is 1.95. The number of benzene rings is 1.